The maximum Gasteiger partial charge on any atom is 0.317 e. The molecule has 0 spiro atoms. The quantitative estimate of drug-likeness (QED) is 0.833. The van der Waals surface area contributed by atoms with E-state index in [1.54, 1.807) is 4.90 Å². The van der Waals surface area contributed by atoms with Crippen molar-refractivity contribution in [3.63, 3.8) is 0 Å². The zero-order valence-electron chi connectivity index (χ0n) is 13.3. The van der Waals surface area contributed by atoms with Crippen LogP contribution in [-0.4, -0.2) is 41.6 Å². The molecule has 0 bridgehead atoms. The predicted molar refractivity (Wildman–Crippen MR) is 78.6 cm³/mol. The van der Waals surface area contributed by atoms with Crippen molar-refractivity contribution in [1.29, 1.82) is 0 Å². The molecule has 1 aliphatic heterocycles. The van der Waals surface area contributed by atoms with Crippen LogP contribution in [-0.2, 0) is 4.79 Å². The topological polar surface area (TPSA) is 69.6 Å². The number of hydrogen-bond acceptors (Lipinski definition) is 2. The number of rotatable bonds is 4. The second-order valence-electron chi connectivity index (χ2n) is 7.82. The van der Waals surface area contributed by atoms with E-state index in [1.807, 2.05) is 20.8 Å². The molecule has 1 saturated heterocycles. The lowest BCUT2D eigenvalue weighted by molar-refractivity contribution is -0.142. The summed E-state index contributed by atoms with van der Waals surface area (Å²) >= 11 is 0. The second-order valence-corrected chi connectivity index (χ2v) is 7.82. The van der Waals surface area contributed by atoms with E-state index >= 15 is 0 Å². The molecule has 0 aromatic heterocycles. The number of aliphatic carboxylic acids is 1. The molecule has 2 N–H and O–H groups in total. The minimum atomic E-state index is -0.845. The Hall–Kier alpha value is -1.26. The molecular formula is C15H28N2O3. The van der Waals surface area contributed by atoms with E-state index < -0.39 is 11.9 Å². The first-order chi connectivity index (χ1) is 9.00. The molecule has 116 valence electrons. The molecule has 0 saturated carbocycles. The highest BCUT2D eigenvalue weighted by molar-refractivity contribution is 5.76. The molecule has 0 aliphatic carbocycles. The van der Waals surface area contributed by atoms with Crippen molar-refractivity contribution in [2.75, 3.05) is 19.6 Å². The number of carboxylic acids is 1. The molecule has 5 nitrogen and oxygen atoms in total. The van der Waals surface area contributed by atoms with Crippen molar-refractivity contribution in [3.05, 3.63) is 0 Å². The highest BCUT2D eigenvalue weighted by atomic mass is 16.4. The van der Waals surface area contributed by atoms with Gasteiger partial charge in [-0.3, -0.25) is 4.79 Å². The maximum absolute atomic E-state index is 12.0. The van der Waals surface area contributed by atoms with Crippen LogP contribution in [0.25, 0.3) is 0 Å². The van der Waals surface area contributed by atoms with Crippen LogP contribution in [0.3, 0.4) is 0 Å². The average Bonchev–Trinajstić information content (AvgIpc) is 2.62. The molecule has 1 fully saturated rings. The first-order valence-electron chi connectivity index (χ1n) is 7.26. The molecule has 1 unspecified atom stereocenters. The predicted octanol–water partition coefficient (Wildman–Crippen LogP) is 2.56. The molecule has 0 radical (unpaired) electrons. The normalized spacial score (nSPS) is 19.8. The van der Waals surface area contributed by atoms with E-state index in [1.165, 1.54) is 0 Å². The van der Waals surface area contributed by atoms with Gasteiger partial charge in [0.25, 0.3) is 0 Å². The molecular weight excluding hydrogens is 256 g/mol. The third-order valence-corrected chi connectivity index (χ3v) is 3.67. The van der Waals surface area contributed by atoms with E-state index in [-0.39, 0.29) is 23.4 Å². The van der Waals surface area contributed by atoms with Crippen LogP contribution in [0.5, 0.6) is 0 Å². The minimum absolute atomic E-state index is 0.0661. The van der Waals surface area contributed by atoms with Crippen LogP contribution >= 0.6 is 0 Å². The van der Waals surface area contributed by atoms with E-state index in [4.69, 9.17) is 0 Å². The number of nitrogens with zero attached hydrogens (tertiary/aromatic N) is 1. The number of hydrogen-bond donors (Lipinski definition) is 2. The number of nitrogens with one attached hydrogen (secondary N) is 1. The SMILES string of the molecule is CC(C)(C)CC(CNC(=O)N1CCC(C)(C)C1)C(=O)O. The summed E-state index contributed by atoms with van der Waals surface area (Å²) in [5.41, 5.74) is 0.0956. The lowest BCUT2D eigenvalue weighted by atomic mass is 9.84. The Labute approximate surface area is 121 Å². The minimum Gasteiger partial charge on any atom is -0.481 e. The van der Waals surface area contributed by atoms with Gasteiger partial charge in [0.05, 0.1) is 5.92 Å². The summed E-state index contributed by atoms with van der Waals surface area (Å²) in [5, 5.41) is 12.0. The van der Waals surface area contributed by atoms with Crippen molar-refractivity contribution in [2.45, 2.75) is 47.5 Å². The highest BCUT2D eigenvalue weighted by Crippen LogP contribution is 2.29. The first kappa shape index (κ1) is 16.8. The zero-order valence-corrected chi connectivity index (χ0v) is 13.3. The molecule has 1 atom stereocenters. The van der Waals surface area contributed by atoms with Crippen LogP contribution in [0, 0.1) is 16.7 Å². The van der Waals surface area contributed by atoms with Gasteiger partial charge in [0.2, 0.25) is 0 Å². The van der Waals surface area contributed by atoms with Crippen LogP contribution in [0.15, 0.2) is 0 Å². The van der Waals surface area contributed by atoms with E-state index in [2.05, 4.69) is 19.2 Å². The highest BCUT2D eigenvalue weighted by Gasteiger charge is 2.32. The summed E-state index contributed by atoms with van der Waals surface area (Å²) in [6.07, 6.45) is 1.54. The maximum atomic E-state index is 12.0. The van der Waals surface area contributed by atoms with Gasteiger partial charge in [-0.15, -0.1) is 0 Å². The van der Waals surface area contributed by atoms with Crippen LogP contribution in [0.2, 0.25) is 0 Å². The number of carbonyl (C=O) groups excluding carboxylic acids is 1. The number of likely N-dealkylation sites (tertiary alicyclic amines) is 1. The van der Waals surface area contributed by atoms with Crippen molar-refractivity contribution in [2.24, 2.45) is 16.7 Å². The third kappa shape index (κ3) is 5.39. The molecule has 1 heterocycles. The summed E-state index contributed by atoms with van der Waals surface area (Å²) in [6.45, 7) is 12.0. The molecule has 0 aromatic carbocycles. The van der Waals surface area contributed by atoms with Crippen LogP contribution in [0.4, 0.5) is 4.79 Å². The number of amides is 2. The van der Waals surface area contributed by atoms with Gasteiger partial charge in [0.15, 0.2) is 0 Å². The summed E-state index contributed by atoms with van der Waals surface area (Å²) in [4.78, 5) is 25.1. The van der Waals surface area contributed by atoms with E-state index in [9.17, 15) is 14.7 Å². The molecule has 2 amide bonds. The second kappa shape index (κ2) is 6.02. The average molecular weight is 284 g/mol. The van der Waals surface area contributed by atoms with Crippen LogP contribution < -0.4 is 5.32 Å². The Morgan fingerprint density at radius 1 is 1.35 bits per heavy atom. The fourth-order valence-electron chi connectivity index (χ4n) is 2.59. The van der Waals surface area contributed by atoms with Gasteiger partial charge in [-0.1, -0.05) is 34.6 Å². The van der Waals surface area contributed by atoms with Crippen molar-refractivity contribution >= 4 is 12.0 Å². The molecule has 0 aromatic rings. The van der Waals surface area contributed by atoms with Gasteiger partial charge < -0.3 is 15.3 Å². The first-order valence-corrected chi connectivity index (χ1v) is 7.26. The number of urea groups is 1. The third-order valence-electron chi connectivity index (χ3n) is 3.67. The fraction of sp³-hybridized carbons (Fsp3) is 0.867. The van der Waals surface area contributed by atoms with E-state index in [0.717, 1.165) is 19.5 Å². The summed E-state index contributed by atoms with van der Waals surface area (Å²) in [5.74, 6) is -1.38. The smallest absolute Gasteiger partial charge is 0.317 e. The molecule has 1 aliphatic rings. The van der Waals surface area contributed by atoms with E-state index in [0.29, 0.717) is 6.42 Å². The fourth-order valence-corrected chi connectivity index (χ4v) is 2.59. The summed E-state index contributed by atoms with van der Waals surface area (Å²) in [7, 11) is 0. The zero-order chi connectivity index (χ0) is 15.6. The van der Waals surface area contributed by atoms with Gasteiger partial charge >= 0.3 is 12.0 Å². The van der Waals surface area contributed by atoms with Crippen molar-refractivity contribution < 1.29 is 14.7 Å². The van der Waals surface area contributed by atoms with Gasteiger partial charge in [-0.25, -0.2) is 4.79 Å². The van der Waals surface area contributed by atoms with Gasteiger partial charge in [-0.2, -0.15) is 0 Å². The summed E-state index contributed by atoms with van der Waals surface area (Å²) in [6, 6.07) is -0.143. The Morgan fingerprint density at radius 3 is 2.35 bits per heavy atom. The Balaban J connectivity index is 2.48. The largest absolute Gasteiger partial charge is 0.481 e. The molecule has 5 heteroatoms. The Morgan fingerprint density at radius 2 is 1.95 bits per heavy atom. The molecule has 1 rings (SSSR count). The van der Waals surface area contributed by atoms with Gasteiger partial charge in [0, 0.05) is 19.6 Å². The number of carbonyl (C=O) groups is 2. The van der Waals surface area contributed by atoms with Crippen LogP contribution in [0.1, 0.15) is 47.5 Å². The lowest BCUT2D eigenvalue weighted by Gasteiger charge is -2.25. The molecule has 20 heavy (non-hydrogen) atoms. The van der Waals surface area contributed by atoms with Gasteiger partial charge in [0.1, 0.15) is 0 Å². The van der Waals surface area contributed by atoms with Crippen molar-refractivity contribution in [3.8, 4) is 0 Å². The Bertz CT molecular complexity index is 372. The van der Waals surface area contributed by atoms with Crippen molar-refractivity contribution in [1.82, 2.24) is 10.2 Å². The lowest BCUT2D eigenvalue weighted by Crippen LogP contribution is -2.43. The standard InChI is InChI=1S/C15H28N2O3/c1-14(2,3)8-11(12(18)19)9-16-13(20)17-7-6-15(4,5)10-17/h11H,6-10H2,1-5H3,(H,16,20)(H,18,19). The monoisotopic (exact) mass is 284 g/mol. The Kier molecular flexibility index (Phi) is 5.05. The number of carboxylic acid groups (broad SMARTS) is 1. The summed E-state index contributed by atoms with van der Waals surface area (Å²) < 4.78 is 0. The van der Waals surface area contributed by atoms with Gasteiger partial charge in [-0.05, 0) is 23.7 Å².